The zero-order valence-electron chi connectivity index (χ0n) is 13.8. The molecule has 0 fully saturated rings. The van der Waals surface area contributed by atoms with Gasteiger partial charge in [-0.05, 0) is 0 Å². The summed E-state index contributed by atoms with van der Waals surface area (Å²) in [6, 6.07) is 0. The largest absolute Gasteiger partial charge is 0.125 e. The zero-order valence-corrected chi connectivity index (χ0v) is 17.8. The van der Waals surface area contributed by atoms with Crippen LogP contribution in [0.25, 0.3) is 0 Å². The quantitative estimate of drug-likeness (QED) is 0.425. The van der Waals surface area contributed by atoms with E-state index in [0.717, 1.165) is 7.25 Å². The molecule has 2 unspecified atom stereocenters. The summed E-state index contributed by atoms with van der Waals surface area (Å²) in [5.74, 6) is 1.11. The van der Waals surface area contributed by atoms with Crippen molar-refractivity contribution in [1.29, 1.82) is 0 Å². The molecule has 124 valence electrons. The van der Waals surface area contributed by atoms with Crippen LogP contribution >= 0.6 is 23.2 Å². The van der Waals surface area contributed by atoms with E-state index in [1.165, 1.54) is 51.4 Å². The third kappa shape index (κ3) is 4.53. The Labute approximate surface area is 162 Å². The average molecular weight is 429 g/mol. The van der Waals surface area contributed by atoms with E-state index in [4.69, 9.17) is 23.2 Å². The smallest absolute Gasteiger partial charge is 0.0359 e. The van der Waals surface area contributed by atoms with Gasteiger partial charge in [-0.15, -0.1) is 23.2 Å². The van der Waals surface area contributed by atoms with Gasteiger partial charge in [-0.1, -0.05) is 0 Å². The number of hydrogen-bond acceptors (Lipinski definition) is 0. The molecule has 0 nitrogen and oxygen atoms in total. The van der Waals surface area contributed by atoms with Gasteiger partial charge in [0.15, 0.2) is 0 Å². The summed E-state index contributed by atoms with van der Waals surface area (Å²) in [6.07, 6.45) is 21.5. The molecule has 0 saturated carbocycles. The number of rotatable bonds is 3. The van der Waals surface area contributed by atoms with Crippen molar-refractivity contribution in [3.63, 3.8) is 0 Å². The molecule has 2 atom stereocenters. The maximum absolute atomic E-state index is 5.05. The van der Waals surface area contributed by atoms with E-state index < -0.39 is 0 Å². The molecule has 3 heteroatoms. The minimum atomic E-state index is -0.372. The summed E-state index contributed by atoms with van der Waals surface area (Å²) < 4.78 is 1.87. The van der Waals surface area contributed by atoms with E-state index in [2.05, 4.69) is 24.3 Å². The van der Waals surface area contributed by atoms with E-state index in [0.29, 0.717) is 11.8 Å². The van der Waals surface area contributed by atoms with Crippen molar-refractivity contribution < 1.29 is 23.2 Å². The van der Waals surface area contributed by atoms with Crippen LogP contribution in [-0.2, 0) is 23.2 Å². The molecular formula is C20H26Cl2Zr. The first-order valence-corrected chi connectivity index (χ1v) is 12.9. The summed E-state index contributed by atoms with van der Waals surface area (Å²) in [5, 5.41) is 0. The average Bonchev–Trinajstić information content (AvgIpc) is 3.21. The summed E-state index contributed by atoms with van der Waals surface area (Å²) in [5.41, 5.74) is 7.21. The fourth-order valence-corrected chi connectivity index (χ4v) is 8.74. The number of allylic oxidation sites excluding steroid dienone is 8. The summed E-state index contributed by atoms with van der Waals surface area (Å²) in [4.78, 5) is 0. The second kappa shape index (κ2) is 9.21. The van der Waals surface area contributed by atoms with E-state index in [1.54, 1.807) is 11.1 Å². The van der Waals surface area contributed by atoms with E-state index in [-0.39, 0.29) is 23.2 Å². The Morgan fingerprint density at radius 1 is 0.739 bits per heavy atom. The van der Waals surface area contributed by atoms with E-state index in [9.17, 15) is 0 Å². The van der Waals surface area contributed by atoms with Crippen molar-refractivity contribution in [2.24, 2.45) is 0 Å². The van der Waals surface area contributed by atoms with Crippen molar-refractivity contribution >= 4 is 23.2 Å². The van der Waals surface area contributed by atoms with Gasteiger partial charge < -0.3 is 0 Å². The summed E-state index contributed by atoms with van der Waals surface area (Å²) >= 11 is 9.74. The van der Waals surface area contributed by atoms with Gasteiger partial charge in [0.25, 0.3) is 0 Å². The van der Waals surface area contributed by atoms with Crippen molar-refractivity contribution in [2.75, 3.05) is 11.8 Å². The second-order valence-corrected chi connectivity index (χ2v) is 11.4. The maximum Gasteiger partial charge on any atom is 0.0359 e. The number of halogens is 2. The molecule has 0 aromatic carbocycles. The van der Waals surface area contributed by atoms with E-state index >= 15 is 0 Å². The van der Waals surface area contributed by atoms with Gasteiger partial charge in [0.05, 0.1) is 0 Å². The van der Waals surface area contributed by atoms with Crippen molar-refractivity contribution in [3.8, 4) is 0 Å². The Kier molecular flexibility index (Phi) is 7.30. The third-order valence-electron chi connectivity index (χ3n) is 5.27. The second-order valence-electron chi connectivity index (χ2n) is 6.73. The Hall–Kier alpha value is 0.423. The van der Waals surface area contributed by atoms with Crippen molar-refractivity contribution in [2.45, 2.75) is 58.6 Å². The Morgan fingerprint density at radius 3 is 1.61 bits per heavy atom. The standard InChI is InChI=1S/2C9H11.C2H4Cl2.Zr/c2*1-2-5-9-7-3-6-8(9)4-1;3-1-2-4;/h2*3,6-7H,1-2,4-5H2;1-2H2;. The molecule has 0 radical (unpaired) electrons. The molecule has 0 bridgehead atoms. The van der Waals surface area contributed by atoms with Crippen LogP contribution in [0.2, 0.25) is 7.25 Å². The van der Waals surface area contributed by atoms with Crippen LogP contribution in [-0.4, -0.2) is 11.8 Å². The Bertz CT molecular complexity index is 494. The molecule has 4 rings (SSSR count). The molecule has 0 aromatic rings. The fraction of sp³-hybridized carbons (Fsp3) is 0.600. The molecule has 0 heterocycles. The molecule has 0 saturated heterocycles. The molecule has 4 aliphatic rings. The van der Waals surface area contributed by atoms with Crippen molar-refractivity contribution in [1.82, 2.24) is 0 Å². The minimum absolute atomic E-state index is 0.372. The SMILES string of the molecule is C1=C[CH]([Zr][CH]2C=CC3=C2CCCC3)C2=C1CCCC2.ClCCCl. The van der Waals surface area contributed by atoms with Gasteiger partial charge in [-0.3, -0.25) is 0 Å². The predicted octanol–water partition coefficient (Wildman–Crippen LogP) is 6.99. The first-order valence-electron chi connectivity index (χ1n) is 9.01. The number of alkyl halides is 2. The van der Waals surface area contributed by atoms with Crippen LogP contribution in [0.3, 0.4) is 0 Å². The third-order valence-corrected chi connectivity index (χ3v) is 10.3. The molecule has 0 aliphatic heterocycles. The molecule has 0 spiro atoms. The van der Waals surface area contributed by atoms with Gasteiger partial charge in [0, 0.05) is 11.8 Å². The molecule has 23 heavy (non-hydrogen) atoms. The molecule has 4 aliphatic carbocycles. The maximum atomic E-state index is 5.05. The van der Waals surface area contributed by atoms with Gasteiger partial charge in [-0.2, -0.15) is 0 Å². The van der Waals surface area contributed by atoms with Crippen molar-refractivity contribution in [3.05, 3.63) is 46.6 Å². The zero-order chi connectivity index (χ0) is 16.1. The first-order chi connectivity index (χ1) is 11.3. The monoisotopic (exact) mass is 426 g/mol. The van der Waals surface area contributed by atoms with Gasteiger partial charge in [-0.25, -0.2) is 0 Å². The van der Waals surface area contributed by atoms with Gasteiger partial charge >= 0.3 is 128 Å². The molecule has 0 N–H and O–H groups in total. The fourth-order valence-electron chi connectivity index (χ4n) is 4.16. The van der Waals surface area contributed by atoms with Crippen LogP contribution in [0.1, 0.15) is 51.4 Å². The van der Waals surface area contributed by atoms with E-state index in [1.807, 2.05) is 11.1 Å². The first kappa shape index (κ1) is 18.2. The van der Waals surface area contributed by atoms with Crippen LogP contribution < -0.4 is 0 Å². The Morgan fingerprint density at radius 2 is 1.17 bits per heavy atom. The van der Waals surface area contributed by atoms with Crippen LogP contribution in [0.4, 0.5) is 0 Å². The molecular weight excluding hydrogens is 402 g/mol. The van der Waals surface area contributed by atoms with Crippen LogP contribution in [0.15, 0.2) is 46.6 Å². The summed E-state index contributed by atoms with van der Waals surface area (Å²) in [7, 11) is 0. The summed E-state index contributed by atoms with van der Waals surface area (Å²) in [6.45, 7) is 0. The minimum Gasteiger partial charge on any atom is -0.125 e. The normalized spacial score (nSPS) is 28.4. The van der Waals surface area contributed by atoms with Gasteiger partial charge in [0.1, 0.15) is 0 Å². The number of hydrogen-bond donors (Lipinski definition) is 0. The van der Waals surface area contributed by atoms with Gasteiger partial charge in [0.2, 0.25) is 0 Å². The topological polar surface area (TPSA) is 0 Å². The molecule has 0 aromatic heterocycles. The molecule has 0 amide bonds. The Balaban J connectivity index is 0.000000354. The predicted molar refractivity (Wildman–Crippen MR) is 98.2 cm³/mol. The van der Waals surface area contributed by atoms with Crippen LogP contribution in [0.5, 0.6) is 0 Å². The van der Waals surface area contributed by atoms with Crippen LogP contribution in [0, 0.1) is 0 Å².